The topological polar surface area (TPSA) is 51.5 Å². The van der Waals surface area contributed by atoms with Gasteiger partial charge in [-0.1, -0.05) is 0 Å². The maximum atomic E-state index is 10.7. The SMILES string of the molecule is CCNC(=O)Oc1ccco1. The van der Waals surface area contributed by atoms with Gasteiger partial charge in [0.1, 0.15) is 0 Å². The second-order valence-corrected chi connectivity index (χ2v) is 1.85. The van der Waals surface area contributed by atoms with Crippen molar-refractivity contribution >= 4 is 6.09 Å². The molecule has 0 aliphatic heterocycles. The van der Waals surface area contributed by atoms with Gasteiger partial charge in [-0.15, -0.1) is 0 Å². The first-order valence-corrected chi connectivity index (χ1v) is 3.32. The Morgan fingerprint density at radius 2 is 2.64 bits per heavy atom. The molecule has 1 aromatic heterocycles. The lowest BCUT2D eigenvalue weighted by atomic mass is 10.6. The molecule has 0 aliphatic rings. The van der Waals surface area contributed by atoms with E-state index in [-0.39, 0.29) is 5.95 Å². The molecule has 0 fully saturated rings. The molecule has 0 unspecified atom stereocenters. The summed E-state index contributed by atoms with van der Waals surface area (Å²) in [6.45, 7) is 2.35. The molecule has 0 spiro atoms. The zero-order valence-corrected chi connectivity index (χ0v) is 6.16. The molecule has 4 heteroatoms. The fraction of sp³-hybridized carbons (Fsp3) is 0.286. The van der Waals surface area contributed by atoms with Crippen molar-refractivity contribution in [1.82, 2.24) is 5.32 Å². The number of nitrogens with one attached hydrogen (secondary N) is 1. The van der Waals surface area contributed by atoms with Gasteiger partial charge in [0, 0.05) is 12.6 Å². The van der Waals surface area contributed by atoms with Crippen LogP contribution in [0.1, 0.15) is 6.92 Å². The van der Waals surface area contributed by atoms with Crippen LogP contribution in [0.5, 0.6) is 5.95 Å². The summed E-state index contributed by atoms with van der Waals surface area (Å²) < 4.78 is 9.45. The summed E-state index contributed by atoms with van der Waals surface area (Å²) in [5.74, 6) is 0.205. The third-order valence-corrected chi connectivity index (χ3v) is 1.01. The molecule has 1 N–H and O–H groups in total. The van der Waals surface area contributed by atoms with Gasteiger partial charge >= 0.3 is 6.09 Å². The minimum Gasteiger partial charge on any atom is -0.434 e. The van der Waals surface area contributed by atoms with E-state index in [9.17, 15) is 4.79 Å². The summed E-state index contributed by atoms with van der Waals surface area (Å²) in [7, 11) is 0. The highest BCUT2D eigenvalue weighted by molar-refractivity contribution is 5.69. The fourth-order valence-electron chi connectivity index (χ4n) is 0.593. The van der Waals surface area contributed by atoms with E-state index in [2.05, 4.69) is 10.1 Å². The highest BCUT2D eigenvalue weighted by atomic mass is 16.6. The van der Waals surface area contributed by atoms with E-state index in [1.165, 1.54) is 6.26 Å². The Bertz CT molecular complexity index is 218. The van der Waals surface area contributed by atoms with Crippen LogP contribution in [0.15, 0.2) is 22.8 Å². The van der Waals surface area contributed by atoms with Gasteiger partial charge in [-0.2, -0.15) is 0 Å². The molecule has 0 aliphatic carbocycles. The Hall–Kier alpha value is -1.45. The summed E-state index contributed by atoms with van der Waals surface area (Å²) >= 11 is 0. The Kier molecular flexibility index (Phi) is 2.54. The second-order valence-electron chi connectivity index (χ2n) is 1.85. The number of rotatable bonds is 2. The first-order valence-electron chi connectivity index (χ1n) is 3.32. The predicted octanol–water partition coefficient (Wildman–Crippen LogP) is 1.39. The number of hydrogen-bond acceptors (Lipinski definition) is 3. The van der Waals surface area contributed by atoms with Gasteiger partial charge in [-0.05, 0) is 13.0 Å². The molecular weight excluding hydrogens is 146 g/mol. The van der Waals surface area contributed by atoms with Crippen molar-refractivity contribution in [2.75, 3.05) is 6.54 Å². The number of carbonyl (C=O) groups is 1. The largest absolute Gasteiger partial charge is 0.434 e. The van der Waals surface area contributed by atoms with Crippen LogP contribution in [0, 0.1) is 0 Å². The van der Waals surface area contributed by atoms with Gasteiger partial charge in [-0.25, -0.2) is 4.79 Å². The molecule has 1 rings (SSSR count). The van der Waals surface area contributed by atoms with Crippen LogP contribution in [-0.2, 0) is 0 Å². The Morgan fingerprint density at radius 1 is 1.82 bits per heavy atom. The van der Waals surface area contributed by atoms with Crippen LogP contribution in [0.2, 0.25) is 0 Å². The molecule has 0 radical (unpaired) electrons. The maximum Gasteiger partial charge on any atom is 0.415 e. The standard InChI is InChI=1S/C7H9NO3/c1-2-8-7(9)11-6-4-3-5-10-6/h3-5H,2H2,1H3,(H,8,9). The summed E-state index contributed by atoms with van der Waals surface area (Å²) in [4.78, 5) is 10.7. The molecule has 1 heterocycles. The second kappa shape index (κ2) is 3.65. The third-order valence-electron chi connectivity index (χ3n) is 1.01. The van der Waals surface area contributed by atoms with Crippen LogP contribution in [0.4, 0.5) is 4.79 Å². The molecule has 4 nitrogen and oxygen atoms in total. The van der Waals surface area contributed by atoms with Crippen molar-refractivity contribution in [2.45, 2.75) is 6.92 Å². The van der Waals surface area contributed by atoms with Crippen molar-refractivity contribution in [2.24, 2.45) is 0 Å². The Morgan fingerprint density at radius 3 is 3.18 bits per heavy atom. The molecular formula is C7H9NO3. The van der Waals surface area contributed by atoms with Crippen molar-refractivity contribution in [3.05, 3.63) is 18.4 Å². The molecule has 11 heavy (non-hydrogen) atoms. The summed E-state index contributed by atoms with van der Waals surface area (Å²) in [6.07, 6.45) is 0.941. The first kappa shape index (κ1) is 7.65. The van der Waals surface area contributed by atoms with Crippen molar-refractivity contribution in [3.8, 4) is 5.95 Å². The third kappa shape index (κ3) is 2.33. The number of ether oxygens (including phenoxy) is 1. The normalized spacial score (nSPS) is 9.18. The quantitative estimate of drug-likeness (QED) is 0.702. The molecule has 1 aromatic rings. The molecule has 0 aromatic carbocycles. The molecule has 0 bridgehead atoms. The van der Waals surface area contributed by atoms with E-state index < -0.39 is 6.09 Å². The van der Waals surface area contributed by atoms with Crippen LogP contribution < -0.4 is 10.1 Å². The van der Waals surface area contributed by atoms with Crippen molar-refractivity contribution < 1.29 is 13.9 Å². The lowest BCUT2D eigenvalue weighted by molar-refractivity contribution is 0.188. The van der Waals surface area contributed by atoms with Crippen molar-refractivity contribution in [1.29, 1.82) is 0 Å². The van der Waals surface area contributed by atoms with Crippen LogP contribution in [0.3, 0.4) is 0 Å². The summed E-state index contributed by atoms with van der Waals surface area (Å²) in [5, 5.41) is 2.46. The van der Waals surface area contributed by atoms with E-state index in [1.807, 2.05) is 6.92 Å². The summed E-state index contributed by atoms with van der Waals surface area (Å²) in [6, 6.07) is 3.21. The number of hydrogen-bond donors (Lipinski definition) is 1. The number of furan rings is 1. The smallest absolute Gasteiger partial charge is 0.415 e. The minimum absolute atomic E-state index is 0.205. The van der Waals surface area contributed by atoms with Gasteiger partial charge < -0.3 is 14.5 Å². The van der Waals surface area contributed by atoms with Gasteiger partial charge in [-0.3, -0.25) is 0 Å². The average molecular weight is 155 g/mol. The van der Waals surface area contributed by atoms with Crippen LogP contribution in [-0.4, -0.2) is 12.6 Å². The first-order chi connectivity index (χ1) is 5.33. The van der Waals surface area contributed by atoms with E-state index in [0.717, 1.165) is 0 Å². The monoisotopic (exact) mass is 155 g/mol. The average Bonchev–Trinajstić information content (AvgIpc) is 2.40. The zero-order valence-electron chi connectivity index (χ0n) is 6.16. The van der Waals surface area contributed by atoms with Gasteiger partial charge in [0.15, 0.2) is 0 Å². The van der Waals surface area contributed by atoms with Crippen LogP contribution in [0.25, 0.3) is 0 Å². The van der Waals surface area contributed by atoms with E-state index >= 15 is 0 Å². The number of carbonyl (C=O) groups excluding carboxylic acids is 1. The molecule has 0 saturated heterocycles. The Balaban J connectivity index is 2.37. The van der Waals surface area contributed by atoms with E-state index in [0.29, 0.717) is 6.54 Å². The summed E-state index contributed by atoms with van der Waals surface area (Å²) in [5.41, 5.74) is 0. The van der Waals surface area contributed by atoms with E-state index in [1.54, 1.807) is 12.1 Å². The van der Waals surface area contributed by atoms with Crippen LogP contribution >= 0.6 is 0 Å². The van der Waals surface area contributed by atoms with Gasteiger partial charge in [0.25, 0.3) is 5.95 Å². The van der Waals surface area contributed by atoms with Crippen molar-refractivity contribution in [3.63, 3.8) is 0 Å². The highest BCUT2D eigenvalue weighted by Crippen LogP contribution is 2.09. The lowest BCUT2D eigenvalue weighted by Gasteiger charge is -1.99. The van der Waals surface area contributed by atoms with Gasteiger partial charge in [0.2, 0.25) is 0 Å². The fourth-order valence-corrected chi connectivity index (χ4v) is 0.593. The molecule has 60 valence electrons. The predicted molar refractivity (Wildman–Crippen MR) is 38.4 cm³/mol. The Labute approximate surface area is 64.1 Å². The van der Waals surface area contributed by atoms with Gasteiger partial charge in [0.05, 0.1) is 6.26 Å². The lowest BCUT2D eigenvalue weighted by Crippen LogP contribution is -2.25. The maximum absolute atomic E-state index is 10.7. The molecule has 0 atom stereocenters. The molecule has 1 amide bonds. The highest BCUT2D eigenvalue weighted by Gasteiger charge is 2.02. The number of amides is 1. The zero-order chi connectivity index (χ0) is 8.10. The minimum atomic E-state index is -0.498. The van der Waals surface area contributed by atoms with E-state index in [4.69, 9.17) is 4.42 Å². The molecule has 0 saturated carbocycles.